The van der Waals surface area contributed by atoms with Gasteiger partial charge in [-0.15, -0.1) is 5.10 Å². The summed E-state index contributed by atoms with van der Waals surface area (Å²) in [6.07, 6.45) is 2.33. The van der Waals surface area contributed by atoms with E-state index < -0.39 is 7.12 Å². The number of benzene rings is 1. The lowest BCUT2D eigenvalue weighted by molar-refractivity contribution is -0.116. The molecule has 0 unspecified atom stereocenters. The SMILES string of the molecule is CCc1cc(B(O)O)ccc1C=NN=C1NC(=O)CS1. The zero-order chi connectivity index (χ0) is 14.5. The van der Waals surface area contributed by atoms with E-state index in [4.69, 9.17) is 10.0 Å². The first-order chi connectivity index (χ1) is 9.60. The smallest absolute Gasteiger partial charge is 0.423 e. The van der Waals surface area contributed by atoms with Gasteiger partial charge in [0.1, 0.15) is 0 Å². The van der Waals surface area contributed by atoms with Gasteiger partial charge in [-0.1, -0.05) is 36.9 Å². The van der Waals surface area contributed by atoms with E-state index in [0.717, 1.165) is 17.5 Å². The third kappa shape index (κ3) is 3.69. The van der Waals surface area contributed by atoms with Gasteiger partial charge in [0.05, 0.1) is 12.0 Å². The maximum absolute atomic E-state index is 11.0. The summed E-state index contributed by atoms with van der Waals surface area (Å²) in [4.78, 5) is 11.0. The average molecular weight is 291 g/mol. The number of thioether (sulfide) groups is 1. The maximum Gasteiger partial charge on any atom is 0.488 e. The largest absolute Gasteiger partial charge is 0.488 e. The number of aryl methyl sites for hydroxylation is 1. The molecular formula is C12H14BN3O3S. The highest BCUT2D eigenvalue weighted by Crippen LogP contribution is 2.09. The molecule has 0 saturated carbocycles. The van der Waals surface area contributed by atoms with E-state index in [1.807, 2.05) is 6.92 Å². The van der Waals surface area contributed by atoms with Crippen LogP contribution in [0.2, 0.25) is 0 Å². The summed E-state index contributed by atoms with van der Waals surface area (Å²) in [5, 5.41) is 29.2. The van der Waals surface area contributed by atoms with Gasteiger partial charge in [0, 0.05) is 0 Å². The van der Waals surface area contributed by atoms with Gasteiger partial charge in [0.15, 0.2) is 5.17 Å². The van der Waals surface area contributed by atoms with E-state index in [0.29, 0.717) is 16.4 Å². The lowest BCUT2D eigenvalue weighted by Gasteiger charge is -2.06. The van der Waals surface area contributed by atoms with Crippen molar-refractivity contribution in [1.29, 1.82) is 0 Å². The second-order valence-electron chi connectivity index (χ2n) is 4.17. The van der Waals surface area contributed by atoms with Gasteiger partial charge in [0.25, 0.3) is 0 Å². The molecule has 8 heteroatoms. The number of nitrogens with one attached hydrogen (secondary N) is 1. The summed E-state index contributed by atoms with van der Waals surface area (Å²) >= 11 is 1.31. The minimum Gasteiger partial charge on any atom is -0.423 e. The van der Waals surface area contributed by atoms with E-state index in [1.165, 1.54) is 11.8 Å². The molecule has 104 valence electrons. The molecule has 1 saturated heterocycles. The van der Waals surface area contributed by atoms with Gasteiger partial charge in [-0.3, -0.25) is 4.79 Å². The zero-order valence-electron chi connectivity index (χ0n) is 10.9. The third-order valence-corrected chi connectivity index (χ3v) is 3.64. The van der Waals surface area contributed by atoms with E-state index in [-0.39, 0.29) is 5.91 Å². The molecule has 0 spiro atoms. The van der Waals surface area contributed by atoms with Crippen molar-refractivity contribution < 1.29 is 14.8 Å². The van der Waals surface area contributed by atoms with E-state index in [2.05, 4.69) is 15.5 Å². The monoisotopic (exact) mass is 291 g/mol. The summed E-state index contributed by atoms with van der Waals surface area (Å²) in [5.41, 5.74) is 2.25. The molecule has 1 aliphatic heterocycles. The lowest BCUT2D eigenvalue weighted by atomic mass is 9.78. The molecule has 20 heavy (non-hydrogen) atoms. The van der Waals surface area contributed by atoms with Crippen LogP contribution in [-0.4, -0.2) is 40.2 Å². The number of carbonyl (C=O) groups excluding carboxylic acids is 1. The Hall–Kier alpha value is -1.64. The molecule has 1 heterocycles. The van der Waals surface area contributed by atoms with Crippen LogP contribution in [0.5, 0.6) is 0 Å². The molecule has 6 nitrogen and oxygen atoms in total. The number of hydrogen-bond donors (Lipinski definition) is 3. The second kappa shape index (κ2) is 6.69. The van der Waals surface area contributed by atoms with Crippen LogP contribution in [0.3, 0.4) is 0 Å². The molecular weight excluding hydrogens is 277 g/mol. The van der Waals surface area contributed by atoms with Crippen LogP contribution < -0.4 is 10.8 Å². The number of amidine groups is 1. The van der Waals surface area contributed by atoms with E-state index in [9.17, 15) is 4.79 Å². The fraction of sp³-hybridized carbons (Fsp3) is 0.250. The molecule has 1 aromatic rings. The molecule has 0 aliphatic carbocycles. The number of nitrogens with zero attached hydrogens (tertiary/aromatic N) is 2. The quantitative estimate of drug-likeness (QED) is 0.395. The summed E-state index contributed by atoms with van der Waals surface area (Å²) in [6.45, 7) is 1.97. The molecule has 1 amide bonds. The molecule has 2 rings (SSSR count). The Bertz CT molecular complexity index is 575. The number of rotatable bonds is 4. The summed E-state index contributed by atoms with van der Waals surface area (Å²) < 4.78 is 0. The highest BCUT2D eigenvalue weighted by molar-refractivity contribution is 8.15. The first kappa shape index (κ1) is 14.8. The molecule has 0 aromatic heterocycles. The van der Waals surface area contributed by atoms with Gasteiger partial charge in [0.2, 0.25) is 5.91 Å². The molecule has 1 aromatic carbocycles. The van der Waals surface area contributed by atoms with Crippen LogP contribution in [0.15, 0.2) is 28.4 Å². The van der Waals surface area contributed by atoms with Crippen LogP contribution in [0, 0.1) is 0 Å². The van der Waals surface area contributed by atoms with Crippen molar-refractivity contribution in [1.82, 2.24) is 5.32 Å². The van der Waals surface area contributed by atoms with Crippen LogP contribution in [0.4, 0.5) is 0 Å². The summed E-state index contributed by atoms with van der Waals surface area (Å²) in [6, 6.07) is 5.12. The van der Waals surface area contributed by atoms with Gasteiger partial charge in [-0.2, -0.15) is 5.10 Å². The first-order valence-electron chi connectivity index (χ1n) is 6.12. The zero-order valence-corrected chi connectivity index (χ0v) is 11.7. The van der Waals surface area contributed by atoms with E-state index >= 15 is 0 Å². The number of amides is 1. The van der Waals surface area contributed by atoms with Crippen molar-refractivity contribution in [2.75, 3.05) is 5.75 Å². The predicted octanol–water partition coefficient (Wildman–Crippen LogP) is -0.518. The molecule has 1 aliphatic rings. The van der Waals surface area contributed by atoms with Crippen molar-refractivity contribution >= 4 is 41.6 Å². The molecule has 3 N–H and O–H groups in total. The van der Waals surface area contributed by atoms with Gasteiger partial charge in [-0.25, -0.2) is 0 Å². The first-order valence-corrected chi connectivity index (χ1v) is 7.11. The maximum atomic E-state index is 11.0. The van der Waals surface area contributed by atoms with Gasteiger partial charge >= 0.3 is 7.12 Å². The fourth-order valence-electron chi connectivity index (χ4n) is 1.74. The average Bonchev–Trinajstić information content (AvgIpc) is 2.84. The predicted molar refractivity (Wildman–Crippen MR) is 81.3 cm³/mol. The number of hydrogen-bond acceptors (Lipinski definition) is 6. The Morgan fingerprint density at radius 2 is 2.30 bits per heavy atom. The van der Waals surface area contributed by atoms with Crippen LogP contribution in [-0.2, 0) is 11.2 Å². The van der Waals surface area contributed by atoms with Crippen molar-refractivity contribution in [3.05, 3.63) is 29.3 Å². The standard InChI is InChI=1S/C12H14BN3O3S/c1-2-8-5-10(13(18)19)4-3-9(8)6-14-16-12-15-11(17)7-20-12/h3-6,18-19H,2,7H2,1H3,(H,15,16,17). The minimum atomic E-state index is -1.48. The van der Waals surface area contributed by atoms with Crippen molar-refractivity contribution in [2.24, 2.45) is 10.2 Å². The minimum absolute atomic E-state index is 0.0699. The summed E-state index contributed by atoms with van der Waals surface area (Å²) in [5.74, 6) is 0.303. The fourth-order valence-corrected chi connectivity index (χ4v) is 2.37. The van der Waals surface area contributed by atoms with E-state index in [1.54, 1.807) is 24.4 Å². The van der Waals surface area contributed by atoms with Crippen LogP contribution in [0.1, 0.15) is 18.1 Å². The Labute approximate surface area is 121 Å². The highest BCUT2D eigenvalue weighted by Gasteiger charge is 2.16. The Morgan fingerprint density at radius 1 is 1.50 bits per heavy atom. The number of carbonyl (C=O) groups is 1. The molecule has 0 atom stereocenters. The van der Waals surface area contributed by atoms with Crippen LogP contribution in [0.25, 0.3) is 0 Å². The molecule has 1 fully saturated rings. The molecule has 0 radical (unpaired) electrons. The lowest BCUT2D eigenvalue weighted by Crippen LogP contribution is -2.30. The normalized spacial score (nSPS) is 16.9. The second-order valence-corrected chi connectivity index (χ2v) is 5.14. The van der Waals surface area contributed by atoms with Gasteiger partial charge in [-0.05, 0) is 23.0 Å². The topological polar surface area (TPSA) is 94.3 Å². The highest BCUT2D eigenvalue weighted by atomic mass is 32.2. The third-order valence-electron chi connectivity index (χ3n) is 2.78. The van der Waals surface area contributed by atoms with Crippen molar-refractivity contribution in [3.63, 3.8) is 0 Å². The Balaban J connectivity index is 2.14. The molecule has 0 bridgehead atoms. The van der Waals surface area contributed by atoms with Crippen molar-refractivity contribution in [2.45, 2.75) is 13.3 Å². The van der Waals surface area contributed by atoms with Crippen molar-refractivity contribution in [3.8, 4) is 0 Å². The Kier molecular flexibility index (Phi) is 4.94. The summed E-state index contributed by atoms with van der Waals surface area (Å²) in [7, 11) is -1.48. The van der Waals surface area contributed by atoms with Crippen LogP contribution >= 0.6 is 11.8 Å². The van der Waals surface area contributed by atoms with Gasteiger partial charge < -0.3 is 15.4 Å². The Morgan fingerprint density at radius 3 is 2.90 bits per heavy atom.